The maximum atomic E-state index is 12.9. The van der Waals surface area contributed by atoms with E-state index in [9.17, 15) is 24.6 Å². The first-order chi connectivity index (χ1) is 12.0. The molecule has 1 aliphatic carbocycles. The lowest BCUT2D eigenvalue weighted by Crippen LogP contribution is -2.46. The quantitative estimate of drug-likeness (QED) is 0.508. The molecule has 0 aromatic heterocycles. The van der Waals surface area contributed by atoms with Gasteiger partial charge in [-0.3, -0.25) is 14.4 Å². The molecule has 2 N–H and O–H groups in total. The van der Waals surface area contributed by atoms with Crippen LogP contribution in [0.1, 0.15) is 60.8 Å². The van der Waals surface area contributed by atoms with Crippen LogP contribution in [0.5, 0.6) is 0 Å². The highest BCUT2D eigenvalue weighted by Crippen LogP contribution is 2.42. The van der Waals surface area contributed by atoms with Crippen molar-refractivity contribution in [3.63, 3.8) is 0 Å². The van der Waals surface area contributed by atoms with Gasteiger partial charge in [-0.2, -0.15) is 0 Å². The summed E-state index contributed by atoms with van der Waals surface area (Å²) >= 11 is 0. The molecule has 0 amide bonds. The smallest absolute Gasteiger partial charge is 0.191 e. The molecule has 26 heavy (non-hydrogen) atoms. The van der Waals surface area contributed by atoms with Crippen molar-refractivity contribution in [3.8, 4) is 0 Å². The minimum absolute atomic E-state index is 0.0829. The molecule has 5 heteroatoms. The van der Waals surface area contributed by atoms with E-state index in [1.807, 2.05) is 27.7 Å². The van der Waals surface area contributed by atoms with Gasteiger partial charge in [0, 0.05) is 12.3 Å². The van der Waals surface area contributed by atoms with Crippen molar-refractivity contribution in [2.45, 2.75) is 66.4 Å². The molecule has 1 unspecified atom stereocenters. The fraction of sp³-hybridized carbons (Fsp3) is 0.571. The largest absolute Gasteiger partial charge is 0.508 e. The fourth-order valence-electron chi connectivity index (χ4n) is 2.92. The predicted molar refractivity (Wildman–Crippen MR) is 101 cm³/mol. The Labute approximate surface area is 155 Å². The zero-order valence-corrected chi connectivity index (χ0v) is 16.5. The van der Waals surface area contributed by atoms with E-state index in [1.165, 1.54) is 0 Å². The summed E-state index contributed by atoms with van der Waals surface area (Å²) in [7, 11) is 0. The minimum atomic E-state index is -2.35. The lowest BCUT2D eigenvalue weighted by Gasteiger charge is -2.27. The normalized spacial score (nSPS) is 23.7. The zero-order valence-electron chi connectivity index (χ0n) is 16.5. The van der Waals surface area contributed by atoms with Crippen LogP contribution in [0.3, 0.4) is 0 Å². The molecule has 0 saturated carbocycles. The van der Waals surface area contributed by atoms with Crippen LogP contribution in [0.4, 0.5) is 0 Å². The molecule has 144 valence electrons. The molecule has 0 fully saturated rings. The van der Waals surface area contributed by atoms with Crippen molar-refractivity contribution in [2.75, 3.05) is 0 Å². The van der Waals surface area contributed by atoms with Gasteiger partial charge in [-0.25, -0.2) is 0 Å². The minimum Gasteiger partial charge on any atom is -0.508 e. The number of carbonyl (C=O) groups is 3. The summed E-state index contributed by atoms with van der Waals surface area (Å²) in [6.45, 7) is 10.7. The number of rotatable bonds is 8. The highest BCUT2D eigenvalue weighted by molar-refractivity contribution is 6.26. The first kappa shape index (κ1) is 22.0. The average molecular weight is 362 g/mol. The second-order valence-electron chi connectivity index (χ2n) is 7.51. The molecule has 0 spiro atoms. The van der Waals surface area contributed by atoms with Gasteiger partial charge in [0.15, 0.2) is 23.0 Å². The van der Waals surface area contributed by atoms with Gasteiger partial charge in [0.05, 0.1) is 5.92 Å². The summed E-state index contributed by atoms with van der Waals surface area (Å²) in [5.74, 6) is -4.30. The molecule has 5 nitrogen and oxygen atoms in total. The van der Waals surface area contributed by atoms with Crippen LogP contribution in [0.2, 0.25) is 0 Å². The molecular weight excluding hydrogens is 332 g/mol. The van der Waals surface area contributed by atoms with Crippen molar-refractivity contribution in [3.05, 3.63) is 34.6 Å². The molecular formula is C21H30O5. The van der Waals surface area contributed by atoms with Crippen LogP contribution in [-0.2, 0) is 14.4 Å². The predicted octanol–water partition coefficient (Wildman–Crippen LogP) is 3.63. The van der Waals surface area contributed by atoms with E-state index in [0.717, 1.165) is 11.1 Å². The summed E-state index contributed by atoms with van der Waals surface area (Å²) in [5, 5.41) is 21.7. The number of hydrogen-bond acceptors (Lipinski definition) is 5. The fourth-order valence-corrected chi connectivity index (χ4v) is 2.92. The van der Waals surface area contributed by atoms with E-state index in [1.54, 1.807) is 26.0 Å². The van der Waals surface area contributed by atoms with E-state index >= 15 is 0 Å². The topological polar surface area (TPSA) is 91.7 Å². The molecule has 0 saturated heterocycles. The Morgan fingerprint density at radius 1 is 1.15 bits per heavy atom. The van der Waals surface area contributed by atoms with Crippen molar-refractivity contribution >= 4 is 17.3 Å². The lowest BCUT2D eigenvalue weighted by atomic mass is 9.81. The summed E-state index contributed by atoms with van der Waals surface area (Å²) in [6, 6.07) is 0. The van der Waals surface area contributed by atoms with Gasteiger partial charge in [0.25, 0.3) is 0 Å². The summed E-state index contributed by atoms with van der Waals surface area (Å²) < 4.78 is 0. The van der Waals surface area contributed by atoms with E-state index < -0.39 is 46.1 Å². The van der Waals surface area contributed by atoms with Crippen LogP contribution >= 0.6 is 0 Å². The molecule has 0 aliphatic heterocycles. The molecule has 0 heterocycles. The third kappa shape index (κ3) is 4.21. The summed E-state index contributed by atoms with van der Waals surface area (Å²) in [4.78, 5) is 38.1. The third-order valence-corrected chi connectivity index (χ3v) is 4.85. The number of Topliss-reactive ketones (excluding diaryl/α,β-unsaturated/α-hetero) is 3. The Hall–Kier alpha value is -2.01. The van der Waals surface area contributed by atoms with Crippen molar-refractivity contribution in [1.82, 2.24) is 0 Å². The van der Waals surface area contributed by atoms with Crippen molar-refractivity contribution < 1.29 is 24.6 Å². The first-order valence-electron chi connectivity index (χ1n) is 9.02. The monoisotopic (exact) mass is 362 g/mol. The number of ketones is 3. The lowest BCUT2D eigenvalue weighted by molar-refractivity contribution is -0.144. The molecule has 3 atom stereocenters. The van der Waals surface area contributed by atoms with Gasteiger partial charge >= 0.3 is 0 Å². The number of aliphatic hydroxyl groups excluding tert-OH is 1. The highest BCUT2D eigenvalue weighted by Gasteiger charge is 2.58. The van der Waals surface area contributed by atoms with Gasteiger partial charge in [-0.05, 0) is 40.5 Å². The van der Waals surface area contributed by atoms with Gasteiger partial charge in [0.2, 0.25) is 0 Å². The standard InChI is InChI=1S/C21H30O5/c1-7-14(6)18(23)17-19(24)15(10-8-12(2)3)21(26,20(17)25)16(22)11-9-13(4)5/h8-9,14-15,25-26H,7,10-11H2,1-6H3/t14?,15-,21-/m0/s1. The Balaban J connectivity index is 3.45. The maximum Gasteiger partial charge on any atom is 0.191 e. The molecule has 1 aliphatic rings. The first-order valence-corrected chi connectivity index (χ1v) is 9.02. The van der Waals surface area contributed by atoms with Crippen LogP contribution in [0.25, 0.3) is 0 Å². The molecule has 0 aromatic carbocycles. The SMILES string of the molecule is CCC(C)C(=O)C1=C(O)[C@@](O)(C(=O)CC=C(C)C)[C@@H](CC=C(C)C)C1=O. The third-order valence-electron chi connectivity index (χ3n) is 4.85. The number of aliphatic hydroxyl groups is 2. The maximum absolute atomic E-state index is 12.9. The van der Waals surface area contributed by atoms with Gasteiger partial charge < -0.3 is 10.2 Å². The van der Waals surface area contributed by atoms with Crippen molar-refractivity contribution in [1.29, 1.82) is 0 Å². The summed E-state index contributed by atoms with van der Waals surface area (Å²) in [6.07, 6.45) is 3.81. The second kappa shape index (κ2) is 8.58. The number of hydrogen-bond donors (Lipinski definition) is 2. The van der Waals surface area contributed by atoms with Gasteiger partial charge in [-0.1, -0.05) is 37.1 Å². The van der Waals surface area contributed by atoms with Crippen molar-refractivity contribution in [2.24, 2.45) is 11.8 Å². The van der Waals surface area contributed by atoms with Crippen LogP contribution in [-0.4, -0.2) is 33.2 Å². The molecule has 1 rings (SSSR count). The Morgan fingerprint density at radius 2 is 1.69 bits per heavy atom. The van der Waals surface area contributed by atoms with E-state index in [0.29, 0.717) is 6.42 Å². The van der Waals surface area contributed by atoms with Crippen LogP contribution < -0.4 is 0 Å². The van der Waals surface area contributed by atoms with Gasteiger partial charge in [-0.15, -0.1) is 0 Å². The van der Waals surface area contributed by atoms with Crippen LogP contribution in [0.15, 0.2) is 34.6 Å². The highest BCUT2D eigenvalue weighted by atomic mass is 16.3. The molecule has 0 aromatic rings. The average Bonchev–Trinajstić information content (AvgIpc) is 2.76. The van der Waals surface area contributed by atoms with Crippen LogP contribution in [0, 0.1) is 11.8 Å². The van der Waals surface area contributed by atoms with Gasteiger partial charge in [0.1, 0.15) is 11.3 Å². The second-order valence-corrected chi connectivity index (χ2v) is 7.51. The van der Waals surface area contributed by atoms with E-state index in [4.69, 9.17) is 0 Å². The van der Waals surface area contributed by atoms with E-state index in [-0.39, 0.29) is 12.8 Å². The Kier molecular flexibility index (Phi) is 7.27. The Morgan fingerprint density at radius 3 is 2.15 bits per heavy atom. The summed E-state index contributed by atoms with van der Waals surface area (Å²) in [5.41, 5.74) is -0.975. The number of carbonyl (C=O) groups excluding carboxylic acids is 3. The number of allylic oxidation sites excluding steroid dienone is 5. The zero-order chi connectivity index (χ0) is 20.2. The Bertz CT molecular complexity index is 687. The molecule has 0 bridgehead atoms. The van der Waals surface area contributed by atoms with E-state index in [2.05, 4.69) is 0 Å². The molecule has 0 radical (unpaired) electrons.